The van der Waals surface area contributed by atoms with Crippen molar-refractivity contribution in [3.8, 4) is 0 Å². The number of halogens is 1. The number of ketones is 1. The molecule has 0 aliphatic heterocycles. The average Bonchev–Trinajstić information content (AvgIpc) is 2.07. The molecule has 0 heterocycles. The van der Waals surface area contributed by atoms with E-state index in [1.165, 1.54) is 0 Å². The van der Waals surface area contributed by atoms with Crippen LogP contribution in [0.3, 0.4) is 0 Å². The number of nitrogens with zero attached hydrogens (tertiary/aromatic N) is 1. The van der Waals surface area contributed by atoms with Gasteiger partial charge in [0.05, 0.1) is 0 Å². The predicted octanol–water partition coefficient (Wildman–Crippen LogP) is 2.19. The molecule has 0 N–H and O–H groups in total. The molecular weight excluding hydrogens is 218 g/mol. The Bertz CT molecular complexity index is 323. The Labute approximate surface area is 93.4 Å². The minimum Gasteiger partial charge on any atom is -0.295 e. The largest absolute Gasteiger partial charge is 0.295 e. The van der Waals surface area contributed by atoms with Gasteiger partial charge in [-0.2, -0.15) is 0 Å². The maximum absolute atomic E-state index is 11.4. The molecule has 1 unspecified atom stereocenters. The Morgan fingerprint density at radius 3 is 2.80 bits per heavy atom. The molecule has 4 nitrogen and oxygen atoms in total. The maximum atomic E-state index is 11.4. The Morgan fingerprint density at radius 1 is 1.73 bits per heavy atom. The molecule has 0 amide bonds. The first-order valence-electron chi connectivity index (χ1n) is 4.83. The number of alkyl halides is 1. The van der Waals surface area contributed by atoms with Crippen molar-refractivity contribution in [1.29, 1.82) is 0 Å². The number of carbonyl (C=O) groups is 1. The van der Waals surface area contributed by atoms with E-state index in [2.05, 4.69) is 0 Å². The van der Waals surface area contributed by atoms with E-state index in [0.717, 1.165) is 5.57 Å². The monoisotopic (exact) mass is 231 g/mol. The molecule has 0 aromatic rings. The molecule has 0 saturated heterocycles. The van der Waals surface area contributed by atoms with E-state index in [4.69, 9.17) is 11.6 Å². The molecule has 1 aliphatic carbocycles. The molecule has 84 valence electrons. The SMILES string of the molecule is CC1=CC[C@@H](C(C)(Cl)C[N+](=O)[O-])CC1=O. The number of hydrogen-bond donors (Lipinski definition) is 0. The van der Waals surface area contributed by atoms with E-state index in [9.17, 15) is 14.9 Å². The predicted molar refractivity (Wildman–Crippen MR) is 57.6 cm³/mol. The lowest BCUT2D eigenvalue weighted by Crippen LogP contribution is -2.38. The number of carbonyl (C=O) groups excluding carboxylic acids is 1. The van der Waals surface area contributed by atoms with Crippen LogP contribution in [0.5, 0.6) is 0 Å². The van der Waals surface area contributed by atoms with Gasteiger partial charge >= 0.3 is 0 Å². The van der Waals surface area contributed by atoms with Gasteiger partial charge in [-0.25, -0.2) is 0 Å². The highest BCUT2D eigenvalue weighted by atomic mass is 35.5. The van der Waals surface area contributed by atoms with Crippen LogP contribution in [0.2, 0.25) is 0 Å². The van der Waals surface area contributed by atoms with E-state index < -0.39 is 9.80 Å². The summed E-state index contributed by atoms with van der Waals surface area (Å²) in [7, 11) is 0. The Morgan fingerprint density at radius 2 is 2.33 bits per heavy atom. The fourth-order valence-electron chi connectivity index (χ4n) is 1.74. The molecule has 0 saturated carbocycles. The second-order valence-electron chi connectivity index (χ2n) is 4.22. The van der Waals surface area contributed by atoms with Crippen LogP contribution in [0.1, 0.15) is 26.7 Å². The molecule has 1 rings (SSSR count). The Balaban J connectivity index is 2.74. The zero-order chi connectivity index (χ0) is 11.6. The molecule has 0 spiro atoms. The first-order valence-corrected chi connectivity index (χ1v) is 5.21. The fourth-order valence-corrected chi connectivity index (χ4v) is 2.00. The van der Waals surface area contributed by atoms with Gasteiger partial charge in [0, 0.05) is 11.3 Å². The Kier molecular flexibility index (Phi) is 3.50. The minimum absolute atomic E-state index is 0.0430. The van der Waals surface area contributed by atoms with Crippen LogP contribution in [0.25, 0.3) is 0 Å². The molecule has 15 heavy (non-hydrogen) atoms. The second-order valence-corrected chi connectivity index (χ2v) is 5.08. The number of rotatable bonds is 3. The fraction of sp³-hybridized carbons (Fsp3) is 0.700. The summed E-state index contributed by atoms with van der Waals surface area (Å²) in [5, 5.41) is 10.4. The van der Waals surface area contributed by atoms with Crippen molar-refractivity contribution >= 4 is 17.4 Å². The molecule has 0 aromatic carbocycles. The lowest BCUT2D eigenvalue weighted by Gasteiger charge is -2.29. The van der Waals surface area contributed by atoms with Crippen LogP contribution in [0.4, 0.5) is 0 Å². The topological polar surface area (TPSA) is 60.2 Å². The van der Waals surface area contributed by atoms with Gasteiger partial charge in [0.15, 0.2) is 5.78 Å². The summed E-state index contributed by atoms with van der Waals surface area (Å²) >= 11 is 6.10. The minimum atomic E-state index is -0.934. The summed E-state index contributed by atoms with van der Waals surface area (Å²) in [5.41, 5.74) is 0.736. The summed E-state index contributed by atoms with van der Waals surface area (Å²) in [4.78, 5) is 20.5. The molecule has 5 heteroatoms. The molecule has 0 aromatic heterocycles. The third kappa shape index (κ3) is 3.02. The summed E-state index contributed by atoms with van der Waals surface area (Å²) in [6.07, 6.45) is 2.78. The van der Waals surface area contributed by atoms with E-state index in [1.807, 2.05) is 6.08 Å². The molecule has 0 bridgehead atoms. The van der Waals surface area contributed by atoms with Gasteiger partial charge in [-0.1, -0.05) is 6.08 Å². The third-order valence-corrected chi connectivity index (χ3v) is 3.30. The number of nitro groups is 1. The molecule has 2 atom stereocenters. The van der Waals surface area contributed by atoms with E-state index >= 15 is 0 Å². The highest BCUT2D eigenvalue weighted by molar-refractivity contribution is 6.24. The Hall–Kier alpha value is -0.900. The van der Waals surface area contributed by atoms with Gasteiger partial charge in [0.2, 0.25) is 6.54 Å². The van der Waals surface area contributed by atoms with Crippen molar-refractivity contribution in [1.82, 2.24) is 0 Å². The lowest BCUT2D eigenvalue weighted by molar-refractivity contribution is -0.486. The van der Waals surface area contributed by atoms with Crippen molar-refractivity contribution in [3.63, 3.8) is 0 Å². The van der Waals surface area contributed by atoms with Crippen LogP contribution >= 0.6 is 11.6 Å². The van der Waals surface area contributed by atoms with Crippen molar-refractivity contribution in [3.05, 3.63) is 21.8 Å². The molecule has 1 aliphatic rings. The number of hydrogen-bond acceptors (Lipinski definition) is 3. The van der Waals surface area contributed by atoms with E-state index in [0.29, 0.717) is 12.8 Å². The first kappa shape index (κ1) is 12.2. The highest BCUT2D eigenvalue weighted by Crippen LogP contribution is 2.35. The van der Waals surface area contributed by atoms with Gasteiger partial charge in [-0.3, -0.25) is 14.9 Å². The summed E-state index contributed by atoms with van der Waals surface area (Å²) in [6.45, 7) is 3.08. The summed E-state index contributed by atoms with van der Waals surface area (Å²) in [6, 6.07) is 0. The normalized spacial score (nSPS) is 25.7. The first-order chi connectivity index (χ1) is 6.83. The quantitative estimate of drug-likeness (QED) is 0.425. The summed E-state index contributed by atoms with van der Waals surface area (Å²) in [5.74, 6) is -0.0951. The van der Waals surface area contributed by atoms with E-state index in [-0.39, 0.29) is 18.2 Å². The van der Waals surface area contributed by atoms with Gasteiger partial charge in [-0.15, -0.1) is 11.6 Å². The van der Waals surface area contributed by atoms with Crippen molar-refractivity contribution < 1.29 is 9.72 Å². The van der Waals surface area contributed by atoms with Crippen molar-refractivity contribution in [2.75, 3.05) is 6.54 Å². The average molecular weight is 232 g/mol. The third-order valence-electron chi connectivity index (χ3n) is 2.87. The van der Waals surface area contributed by atoms with Crippen LogP contribution in [-0.4, -0.2) is 22.1 Å². The smallest absolute Gasteiger partial charge is 0.222 e. The number of allylic oxidation sites excluding steroid dienone is 2. The van der Waals surface area contributed by atoms with Crippen LogP contribution < -0.4 is 0 Å². The molecule has 0 radical (unpaired) electrons. The standard InChI is InChI=1S/C10H14ClNO3/c1-7-3-4-8(5-9(7)13)10(2,11)6-12(14)15/h3,8H,4-6H2,1-2H3/t8-,10?/m1/s1. The van der Waals surface area contributed by atoms with E-state index in [1.54, 1.807) is 13.8 Å². The van der Waals surface area contributed by atoms with Crippen molar-refractivity contribution in [2.24, 2.45) is 5.92 Å². The van der Waals surface area contributed by atoms with Crippen LogP contribution in [0.15, 0.2) is 11.6 Å². The maximum Gasteiger partial charge on any atom is 0.222 e. The van der Waals surface area contributed by atoms with Gasteiger partial charge in [-0.05, 0) is 31.8 Å². The highest BCUT2D eigenvalue weighted by Gasteiger charge is 2.39. The lowest BCUT2D eigenvalue weighted by atomic mass is 9.80. The van der Waals surface area contributed by atoms with Gasteiger partial charge < -0.3 is 0 Å². The number of Topliss-reactive ketones (excluding diaryl/α,β-unsaturated/α-hetero) is 1. The van der Waals surface area contributed by atoms with Crippen molar-refractivity contribution in [2.45, 2.75) is 31.6 Å². The molecule has 0 fully saturated rings. The summed E-state index contributed by atoms with van der Waals surface area (Å²) < 4.78 is 0. The van der Waals surface area contributed by atoms with Crippen LogP contribution in [-0.2, 0) is 4.79 Å². The molecular formula is C10H14ClNO3. The van der Waals surface area contributed by atoms with Gasteiger partial charge in [0.1, 0.15) is 4.87 Å². The second kappa shape index (κ2) is 4.31. The zero-order valence-corrected chi connectivity index (χ0v) is 9.58. The zero-order valence-electron chi connectivity index (χ0n) is 8.83. The van der Waals surface area contributed by atoms with Crippen LogP contribution in [0, 0.1) is 16.0 Å². The van der Waals surface area contributed by atoms with Gasteiger partial charge in [0.25, 0.3) is 0 Å².